The first-order valence-electron chi connectivity index (χ1n) is 6.13. The van der Waals surface area contributed by atoms with Crippen LogP contribution < -0.4 is 4.90 Å². The summed E-state index contributed by atoms with van der Waals surface area (Å²) in [6.45, 7) is 0.579. The van der Waals surface area contributed by atoms with Crippen LogP contribution in [0.25, 0.3) is 11.0 Å². The molecule has 0 atom stereocenters. The molecule has 0 aromatic carbocycles. The van der Waals surface area contributed by atoms with Gasteiger partial charge in [0.2, 0.25) is 5.28 Å². The summed E-state index contributed by atoms with van der Waals surface area (Å²) in [5.41, 5.74) is 0.484. The van der Waals surface area contributed by atoms with Crippen LogP contribution in [0.3, 0.4) is 0 Å². The van der Waals surface area contributed by atoms with E-state index in [9.17, 15) is 13.2 Å². The van der Waals surface area contributed by atoms with Crippen LogP contribution in [0.15, 0.2) is 6.20 Å². The monoisotopic (exact) mass is 305 g/mol. The Morgan fingerprint density at radius 1 is 1.25 bits per heavy atom. The first-order valence-corrected chi connectivity index (χ1v) is 6.51. The van der Waals surface area contributed by atoms with E-state index in [-0.39, 0.29) is 31.2 Å². The highest BCUT2D eigenvalue weighted by atomic mass is 35.5. The predicted molar refractivity (Wildman–Crippen MR) is 67.7 cm³/mol. The fraction of sp³-hybridized carbons (Fsp3) is 0.545. The summed E-state index contributed by atoms with van der Waals surface area (Å²) >= 11 is 5.82. The van der Waals surface area contributed by atoms with Crippen LogP contribution in [-0.4, -0.2) is 39.4 Å². The molecule has 5 nitrogen and oxygen atoms in total. The van der Waals surface area contributed by atoms with Crippen LogP contribution >= 0.6 is 11.6 Å². The zero-order valence-corrected chi connectivity index (χ0v) is 11.0. The van der Waals surface area contributed by atoms with Gasteiger partial charge in [-0.15, -0.1) is 0 Å². The number of aromatic amines is 1. The van der Waals surface area contributed by atoms with Crippen molar-refractivity contribution < 1.29 is 13.2 Å². The van der Waals surface area contributed by atoms with Gasteiger partial charge < -0.3 is 4.90 Å². The van der Waals surface area contributed by atoms with Gasteiger partial charge in [-0.1, -0.05) is 0 Å². The fourth-order valence-corrected chi connectivity index (χ4v) is 2.62. The van der Waals surface area contributed by atoms with Gasteiger partial charge in [0.1, 0.15) is 5.82 Å². The van der Waals surface area contributed by atoms with Gasteiger partial charge in [0.25, 0.3) is 0 Å². The highest BCUT2D eigenvalue weighted by molar-refractivity contribution is 6.28. The zero-order valence-electron chi connectivity index (χ0n) is 10.3. The SMILES string of the molecule is FC(F)(F)C1CCN(c2nc(Cl)nc3[nH]ncc23)CC1. The zero-order chi connectivity index (χ0) is 14.3. The van der Waals surface area contributed by atoms with E-state index < -0.39 is 12.1 Å². The molecule has 0 bridgehead atoms. The summed E-state index contributed by atoms with van der Waals surface area (Å²) in [6.07, 6.45) is -2.45. The maximum Gasteiger partial charge on any atom is 0.391 e. The van der Waals surface area contributed by atoms with Crippen molar-refractivity contribution >= 4 is 28.5 Å². The Hall–Kier alpha value is -1.57. The summed E-state index contributed by atoms with van der Waals surface area (Å²) < 4.78 is 38.0. The van der Waals surface area contributed by atoms with Gasteiger partial charge >= 0.3 is 6.18 Å². The molecule has 1 aliphatic rings. The number of aromatic nitrogens is 4. The third-order valence-electron chi connectivity index (χ3n) is 3.52. The molecule has 0 saturated carbocycles. The summed E-state index contributed by atoms with van der Waals surface area (Å²) in [4.78, 5) is 9.90. The minimum absolute atomic E-state index is 0.0506. The third-order valence-corrected chi connectivity index (χ3v) is 3.69. The number of hydrogen-bond donors (Lipinski definition) is 1. The number of hydrogen-bond acceptors (Lipinski definition) is 4. The molecule has 3 heterocycles. The van der Waals surface area contributed by atoms with Crippen LogP contribution in [0.5, 0.6) is 0 Å². The molecule has 2 aromatic rings. The second-order valence-corrected chi connectivity index (χ2v) is 5.09. The lowest BCUT2D eigenvalue weighted by Gasteiger charge is -2.33. The van der Waals surface area contributed by atoms with E-state index in [4.69, 9.17) is 11.6 Å². The van der Waals surface area contributed by atoms with E-state index in [1.54, 1.807) is 11.1 Å². The summed E-state index contributed by atoms with van der Waals surface area (Å²) in [6, 6.07) is 0. The normalized spacial score (nSPS) is 17.9. The molecule has 108 valence electrons. The lowest BCUT2D eigenvalue weighted by atomic mass is 9.96. The maximum atomic E-state index is 12.7. The Labute approximate surface area is 117 Å². The van der Waals surface area contributed by atoms with Gasteiger partial charge in [-0.3, -0.25) is 5.10 Å². The second kappa shape index (κ2) is 4.76. The number of anilines is 1. The number of alkyl halides is 3. The first-order chi connectivity index (χ1) is 9.45. The molecule has 1 N–H and O–H groups in total. The molecule has 0 radical (unpaired) electrons. The number of fused-ring (bicyclic) bond motifs is 1. The van der Waals surface area contributed by atoms with Gasteiger partial charge in [0.15, 0.2) is 5.65 Å². The lowest BCUT2D eigenvalue weighted by Crippen LogP contribution is -2.39. The van der Waals surface area contributed by atoms with E-state index in [1.807, 2.05) is 0 Å². The van der Waals surface area contributed by atoms with Crippen molar-refractivity contribution in [2.75, 3.05) is 18.0 Å². The van der Waals surface area contributed by atoms with Crippen LogP contribution in [-0.2, 0) is 0 Å². The Bertz CT molecular complexity index is 618. The molecule has 0 amide bonds. The van der Waals surface area contributed by atoms with Crippen molar-refractivity contribution in [2.45, 2.75) is 19.0 Å². The van der Waals surface area contributed by atoms with Crippen molar-refractivity contribution in [1.82, 2.24) is 20.2 Å². The van der Waals surface area contributed by atoms with Crippen molar-refractivity contribution in [3.63, 3.8) is 0 Å². The van der Waals surface area contributed by atoms with Gasteiger partial charge in [-0.2, -0.15) is 28.2 Å². The highest BCUT2D eigenvalue weighted by Gasteiger charge is 2.41. The Kier molecular flexibility index (Phi) is 3.19. The number of halogens is 4. The molecule has 1 aliphatic heterocycles. The molecular weight excluding hydrogens is 295 g/mol. The van der Waals surface area contributed by atoms with Crippen LogP contribution in [0, 0.1) is 5.92 Å². The Morgan fingerprint density at radius 3 is 2.60 bits per heavy atom. The number of H-pyrrole nitrogens is 1. The van der Waals surface area contributed by atoms with Gasteiger partial charge in [0, 0.05) is 13.1 Å². The largest absolute Gasteiger partial charge is 0.391 e. The number of nitrogens with zero attached hydrogens (tertiary/aromatic N) is 4. The highest BCUT2D eigenvalue weighted by Crippen LogP contribution is 2.36. The van der Waals surface area contributed by atoms with E-state index >= 15 is 0 Å². The maximum absolute atomic E-state index is 12.7. The Balaban J connectivity index is 1.85. The van der Waals surface area contributed by atoms with Crippen molar-refractivity contribution in [3.8, 4) is 0 Å². The van der Waals surface area contributed by atoms with Gasteiger partial charge in [0.05, 0.1) is 17.5 Å². The average Bonchev–Trinajstić information content (AvgIpc) is 2.85. The van der Waals surface area contributed by atoms with Crippen molar-refractivity contribution in [1.29, 1.82) is 0 Å². The smallest absolute Gasteiger partial charge is 0.356 e. The lowest BCUT2D eigenvalue weighted by molar-refractivity contribution is -0.179. The number of nitrogens with one attached hydrogen (secondary N) is 1. The molecule has 20 heavy (non-hydrogen) atoms. The summed E-state index contributed by atoms with van der Waals surface area (Å²) in [7, 11) is 0. The van der Waals surface area contributed by atoms with E-state index in [1.165, 1.54) is 0 Å². The molecular formula is C11H11ClF3N5. The average molecular weight is 306 g/mol. The molecule has 2 aromatic heterocycles. The molecule has 0 aliphatic carbocycles. The molecule has 0 spiro atoms. The topological polar surface area (TPSA) is 57.7 Å². The van der Waals surface area contributed by atoms with Crippen LogP contribution in [0.1, 0.15) is 12.8 Å². The second-order valence-electron chi connectivity index (χ2n) is 4.75. The quantitative estimate of drug-likeness (QED) is 0.823. The van der Waals surface area contributed by atoms with Crippen LogP contribution in [0.2, 0.25) is 5.28 Å². The number of piperidine rings is 1. The Morgan fingerprint density at radius 2 is 1.95 bits per heavy atom. The predicted octanol–water partition coefficient (Wildman–Crippen LogP) is 2.79. The van der Waals surface area contributed by atoms with E-state index in [2.05, 4.69) is 20.2 Å². The standard InChI is InChI=1S/C11H11ClF3N5/c12-10-17-8-7(5-16-19-8)9(18-10)20-3-1-6(2-4-20)11(13,14)15/h5-6H,1-4H2,(H,16,17,18,19). The fourth-order valence-electron chi connectivity index (χ4n) is 2.45. The van der Waals surface area contributed by atoms with Gasteiger partial charge in [-0.25, -0.2) is 0 Å². The van der Waals surface area contributed by atoms with Gasteiger partial charge in [-0.05, 0) is 24.4 Å². The molecule has 1 saturated heterocycles. The van der Waals surface area contributed by atoms with Crippen molar-refractivity contribution in [2.24, 2.45) is 5.92 Å². The molecule has 1 fully saturated rings. The van der Waals surface area contributed by atoms with Crippen molar-refractivity contribution in [3.05, 3.63) is 11.5 Å². The molecule has 3 rings (SSSR count). The minimum atomic E-state index is -4.12. The first kappa shape index (κ1) is 13.4. The molecule has 0 unspecified atom stereocenters. The summed E-state index contributed by atoms with van der Waals surface area (Å²) in [5, 5.41) is 7.26. The summed E-state index contributed by atoms with van der Waals surface area (Å²) in [5.74, 6) is -0.703. The minimum Gasteiger partial charge on any atom is -0.356 e. The molecule has 9 heteroatoms. The van der Waals surface area contributed by atoms with Crippen LogP contribution in [0.4, 0.5) is 19.0 Å². The van der Waals surface area contributed by atoms with E-state index in [0.29, 0.717) is 16.9 Å². The van der Waals surface area contributed by atoms with E-state index in [0.717, 1.165) is 0 Å². The number of rotatable bonds is 1. The third kappa shape index (κ3) is 2.39.